The summed E-state index contributed by atoms with van der Waals surface area (Å²) in [6, 6.07) is 11.0. The highest BCUT2D eigenvalue weighted by Gasteiger charge is 2.57. The number of alkyl halides is 6. The van der Waals surface area contributed by atoms with Gasteiger partial charge >= 0.3 is 12.4 Å². The van der Waals surface area contributed by atoms with E-state index in [2.05, 4.69) is 5.32 Å². The average Bonchev–Trinajstić information content (AvgIpc) is 3.07. The van der Waals surface area contributed by atoms with Crippen LogP contribution in [0, 0.1) is 5.92 Å². The lowest BCUT2D eigenvalue weighted by molar-refractivity contribution is -0.143. The van der Waals surface area contributed by atoms with Gasteiger partial charge in [-0.3, -0.25) is 0 Å². The molecule has 2 aromatic rings. The maximum absolute atomic E-state index is 13.2. The molecule has 2 fully saturated rings. The Kier molecular flexibility index (Phi) is 6.28. The van der Waals surface area contributed by atoms with Crippen LogP contribution in [0.15, 0.2) is 48.5 Å². The van der Waals surface area contributed by atoms with Crippen molar-refractivity contribution in [3.63, 3.8) is 0 Å². The normalized spacial score (nSPS) is 27.7. The van der Waals surface area contributed by atoms with Crippen molar-refractivity contribution in [2.45, 2.75) is 75.4 Å². The second kappa shape index (κ2) is 8.53. The minimum absolute atomic E-state index is 0.0189. The van der Waals surface area contributed by atoms with Crippen molar-refractivity contribution < 1.29 is 36.2 Å². The Bertz CT molecular complexity index is 983. The second-order valence-corrected chi connectivity index (χ2v) is 9.84. The largest absolute Gasteiger partial charge is 0.416 e. The third-order valence-corrected chi connectivity index (χ3v) is 7.06. The van der Waals surface area contributed by atoms with Gasteiger partial charge in [0, 0.05) is 12.0 Å². The highest BCUT2D eigenvalue weighted by Crippen LogP contribution is 2.50. The Labute approximate surface area is 194 Å². The molecule has 9 heteroatoms. The van der Waals surface area contributed by atoms with E-state index in [1.807, 2.05) is 30.3 Å². The van der Waals surface area contributed by atoms with Gasteiger partial charge < -0.3 is 15.2 Å². The molecule has 2 aromatic carbocycles. The van der Waals surface area contributed by atoms with E-state index in [1.54, 1.807) is 13.8 Å². The Morgan fingerprint density at radius 1 is 0.941 bits per heavy atom. The molecule has 4 atom stereocenters. The van der Waals surface area contributed by atoms with Crippen LogP contribution in [0.1, 0.15) is 55.4 Å². The number of rotatable bonds is 5. The van der Waals surface area contributed by atoms with Gasteiger partial charge in [-0.05, 0) is 62.4 Å². The zero-order valence-electron chi connectivity index (χ0n) is 18.8. The summed E-state index contributed by atoms with van der Waals surface area (Å²) in [6.07, 6.45) is -8.55. The Morgan fingerprint density at radius 2 is 1.53 bits per heavy atom. The molecule has 2 aliphatic heterocycles. The van der Waals surface area contributed by atoms with Gasteiger partial charge in [0.15, 0.2) is 0 Å². The van der Waals surface area contributed by atoms with E-state index in [4.69, 9.17) is 4.74 Å². The number of benzene rings is 2. The highest BCUT2D eigenvalue weighted by atomic mass is 19.4. The van der Waals surface area contributed by atoms with Crippen LogP contribution in [0.3, 0.4) is 0 Å². The average molecular weight is 487 g/mol. The lowest BCUT2D eigenvalue weighted by Crippen LogP contribution is -2.54. The van der Waals surface area contributed by atoms with Gasteiger partial charge in [0.2, 0.25) is 0 Å². The molecule has 4 unspecified atom stereocenters. The number of halogens is 6. The van der Waals surface area contributed by atoms with Crippen LogP contribution in [0.4, 0.5) is 26.3 Å². The van der Waals surface area contributed by atoms with Crippen molar-refractivity contribution in [2.75, 3.05) is 0 Å². The SMILES string of the molecule is CC(C)(O)C1CC2(c3ccccc3)NC1CCC2OCc1cc(C(F)(F)F)cc(C(F)(F)F)c1. The van der Waals surface area contributed by atoms with Crippen LogP contribution in [0.25, 0.3) is 0 Å². The summed E-state index contributed by atoms with van der Waals surface area (Å²) in [5.41, 5.74) is -3.66. The molecular formula is C25H27F6NO2. The first-order valence-corrected chi connectivity index (χ1v) is 11.2. The zero-order valence-corrected chi connectivity index (χ0v) is 18.8. The van der Waals surface area contributed by atoms with Crippen molar-refractivity contribution in [2.24, 2.45) is 5.92 Å². The topological polar surface area (TPSA) is 41.5 Å². The first kappa shape index (κ1) is 25.0. The van der Waals surface area contributed by atoms with E-state index < -0.39 is 47.3 Å². The molecule has 0 radical (unpaired) electrons. The maximum atomic E-state index is 13.2. The van der Waals surface area contributed by atoms with Crippen LogP contribution in [-0.4, -0.2) is 22.9 Å². The zero-order chi connectivity index (χ0) is 24.9. The van der Waals surface area contributed by atoms with E-state index in [0.29, 0.717) is 31.4 Å². The molecule has 2 heterocycles. The molecule has 2 bridgehead atoms. The van der Waals surface area contributed by atoms with Crippen molar-refractivity contribution in [1.82, 2.24) is 5.32 Å². The number of piperidine rings is 1. The van der Waals surface area contributed by atoms with E-state index in [-0.39, 0.29) is 23.6 Å². The van der Waals surface area contributed by atoms with E-state index in [0.717, 1.165) is 5.56 Å². The van der Waals surface area contributed by atoms with Gasteiger partial charge in [-0.15, -0.1) is 0 Å². The fourth-order valence-corrected chi connectivity index (χ4v) is 5.44. The molecular weight excluding hydrogens is 460 g/mol. The summed E-state index contributed by atoms with van der Waals surface area (Å²) >= 11 is 0. The molecule has 0 spiro atoms. The molecule has 0 amide bonds. The van der Waals surface area contributed by atoms with Crippen LogP contribution >= 0.6 is 0 Å². The molecule has 0 aromatic heterocycles. The number of fused-ring (bicyclic) bond motifs is 2. The van der Waals surface area contributed by atoms with Crippen molar-refractivity contribution in [3.8, 4) is 0 Å². The molecule has 34 heavy (non-hydrogen) atoms. The van der Waals surface area contributed by atoms with Crippen LogP contribution < -0.4 is 5.32 Å². The van der Waals surface area contributed by atoms with Crippen molar-refractivity contribution in [3.05, 3.63) is 70.8 Å². The van der Waals surface area contributed by atoms with Gasteiger partial charge in [-0.25, -0.2) is 0 Å². The third-order valence-electron chi connectivity index (χ3n) is 7.06. The van der Waals surface area contributed by atoms with Crippen molar-refractivity contribution >= 4 is 0 Å². The predicted octanol–water partition coefficient (Wildman–Crippen LogP) is 6.05. The molecule has 186 valence electrons. The fourth-order valence-electron chi connectivity index (χ4n) is 5.44. The molecule has 3 nitrogen and oxygen atoms in total. The van der Waals surface area contributed by atoms with E-state index in [9.17, 15) is 31.4 Å². The first-order chi connectivity index (χ1) is 15.7. The Hall–Kier alpha value is -2.10. The molecule has 0 saturated carbocycles. The maximum Gasteiger partial charge on any atom is 0.416 e. The Balaban J connectivity index is 1.65. The van der Waals surface area contributed by atoms with Gasteiger partial charge in [-0.2, -0.15) is 26.3 Å². The fraction of sp³-hybridized carbons (Fsp3) is 0.520. The summed E-state index contributed by atoms with van der Waals surface area (Å²) in [4.78, 5) is 0. The molecule has 2 saturated heterocycles. The molecule has 2 N–H and O–H groups in total. The Morgan fingerprint density at radius 3 is 2.06 bits per heavy atom. The minimum Gasteiger partial charge on any atom is -0.390 e. The lowest BCUT2D eigenvalue weighted by Gasteiger charge is -2.42. The third kappa shape index (κ3) is 4.83. The van der Waals surface area contributed by atoms with Gasteiger partial charge in [-0.1, -0.05) is 30.3 Å². The van der Waals surface area contributed by atoms with E-state index >= 15 is 0 Å². The summed E-state index contributed by atoms with van der Waals surface area (Å²) in [5, 5.41) is 14.3. The van der Waals surface area contributed by atoms with Gasteiger partial charge in [0.1, 0.15) is 0 Å². The van der Waals surface area contributed by atoms with Crippen LogP contribution in [0.5, 0.6) is 0 Å². The van der Waals surface area contributed by atoms with Crippen LogP contribution in [0.2, 0.25) is 0 Å². The van der Waals surface area contributed by atoms with Gasteiger partial charge in [0.25, 0.3) is 0 Å². The van der Waals surface area contributed by atoms with E-state index in [1.165, 1.54) is 0 Å². The summed E-state index contributed by atoms with van der Waals surface area (Å²) in [7, 11) is 0. The monoisotopic (exact) mass is 487 g/mol. The molecule has 0 aliphatic carbocycles. The number of hydrogen-bond acceptors (Lipinski definition) is 3. The van der Waals surface area contributed by atoms with Crippen LogP contribution in [-0.2, 0) is 29.2 Å². The number of ether oxygens (including phenoxy) is 1. The second-order valence-electron chi connectivity index (χ2n) is 9.84. The lowest BCUT2D eigenvalue weighted by atomic mass is 9.77. The first-order valence-electron chi connectivity index (χ1n) is 11.2. The van der Waals surface area contributed by atoms with Crippen molar-refractivity contribution in [1.29, 1.82) is 0 Å². The quantitative estimate of drug-likeness (QED) is 0.505. The van der Waals surface area contributed by atoms with Gasteiger partial charge in [0.05, 0.1) is 35.0 Å². The standard InChI is InChI=1S/C25H27F6NO2/c1-22(2,33)19-13-23(16-6-4-3-5-7-16)21(9-8-20(19)32-23)34-14-15-10-17(24(26,27)28)12-18(11-15)25(29,30)31/h3-7,10-12,19-21,32-33H,8-9,13-14H2,1-2H3. The molecule has 4 rings (SSSR count). The minimum atomic E-state index is -4.91. The highest BCUT2D eigenvalue weighted by molar-refractivity contribution is 5.34. The number of aliphatic hydroxyl groups is 1. The number of nitrogens with one attached hydrogen (secondary N) is 1. The smallest absolute Gasteiger partial charge is 0.390 e. The summed E-state index contributed by atoms with van der Waals surface area (Å²) in [6.45, 7) is 3.09. The number of hydrogen-bond donors (Lipinski definition) is 2. The summed E-state index contributed by atoms with van der Waals surface area (Å²) in [5.74, 6) is -0.0910. The molecule has 2 aliphatic rings. The summed E-state index contributed by atoms with van der Waals surface area (Å²) < 4.78 is 85.6. The predicted molar refractivity (Wildman–Crippen MR) is 114 cm³/mol.